The first-order valence-electron chi connectivity index (χ1n) is 7.00. The number of benzene rings is 2. The molecule has 3 heteroatoms. The van der Waals surface area contributed by atoms with Crippen molar-refractivity contribution in [2.45, 2.75) is 27.4 Å². The van der Waals surface area contributed by atoms with E-state index in [0.717, 1.165) is 5.56 Å². The monoisotopic (exact) mass is 290 g/mol. The predicted octanol–water partition coefficient (Wildman–Crippen LogP) is 4.67. The van der Waals surface area contributed by atoms with E-state index in [9.17, 15) is 4.39 Å². The van der Waals surface area contributed by atoms with Crippen LogP contribution in [0.1, 0.15) is 23.6 Å². The molecular weight excluding hydrogens is 267 g/mol. The lowest BCUT2D eigenvalue weighted by Crippen LogP contribution is -1.94. The first-order chi connectivity index (χ1) is 10.1. The highest BCUT2D eigenvalue weighted by Crippen LogP contribution is 2.18. The van der Waals surface area contributed by atoms with Crippen LogP contribution in [0.2, 0.25) is 0 Å². The van der Waals surface area contributed by atoms with Crippen LogP contribution in [-0.2, 0) is 11.3 Å². The molecule has 0 heterocycles. The maximum Gasteiger partial charge on any atom is 0.126 e. The Bertz CT molecular complexity index is 535. The summed E-state index contributed by atoms with van der Waals surface area (Å²) in [5, 5.41) is 0. The van der Waals surface area contributed by atoms with E-state index in [0.29, 0.717) is 19.0 Å². The molecule has 114 valence electrons. The molecule has 0 amide bonds. The van der Waals surface area contributed by atoms with Crippen LogP contribution >= 0.6 is 0 Å². The molecule has 0 aliphatic rings. The molecule has 2 aromatic carbocycles. The summed E-state index contributed by atoms with van der Waals surface area (Å²) < 4.78 is 22.7. The first kappa shape index (κ1) is 17.2. The lowest BCUT2D eigenvalue weighted by Gasteiger charge is -2.05. The molecule has 0 unspecified atom stereocenters. The van der Waals surface area contributed by atoms with Gasteiger partial charge in [0.15, 0.2) is 0 Å². The molecule has 0 aromatic heterocycles. The van der Waals surface area contributed by atoms with Gasteiger partial charge in [-0.2, -0.15) is 0 Å². The molecule has 2 nitrogen and oxygen atoms in total. The second-order valence-electron chi connectivity index (χ2n) is 4.76. The number of ether oxygens (including phenoxy) is 2. The zero-order valence-electron chi connectivity index (χ0n) is 13.2. The molecular formula is C18H23FO2. The minimum Gasteiger partial charge on any atom is -0.494 e. The quantitative estimate of drug-likeness (QED) is 0.814. The Morgan fingerprint density at radius 1 is 1.00 bits per heavy atom. The molecule has 0 saturated heterocycles. The smallest absolute Gasteiger partial charge is 0.126 e. The minimum atomic E-state index is -0.251. The van der Waals surface area contributed by atoms with E-state index in [-0.39, 0.29) is 5.82 Å². The van der Waals surface area contributed by atoms with Gasteiger partial charge >= 0.3 is 0 Å². The SMILES string of the molecule is CCOc1cc(F)ccc1C.COCc1ccc(C)cc1. The summed E-state index contributed by atoms with van der Waals surface area (Å²) in [5.41, 5.74) is 3.49. The van der Waals surface area contributed by atoms with E-state index in [1.54, 1.807) is 13.2 Å². The third-order valence-corrected chi connectivity index (χ3v) is 2.88. The summed E-state index contributed by atoms with van der Waals surface area (Å²) in [6.07, 6.45) is 0. The van der Waals surface area contributed by atoms with Gasteiger partial charge in [0.2, 0.25) is 0 Å². The van der Waals surface area contributed by atoms with Crippen LogP contribution < -0.4 is 4.74 Å². The highest BCUT2D eigenvalue weighted by Gasteiger charge is 1.98. The van der Waals surface area contributed by atoms with E-state index >= 15 is 0 Å². The second kappa shape index (κ2) is 9.14. The number of aryl methyl sites for hydroxylation is 2. The van der Waals surface area contributed by atoms with Crippen molar-refractivity contribution in [1.82, 2.24) is 0 Å². The normalized spacial score (nSPS) is 9.76. The maximum absolute atomic E-state index is 12.6. The van der Waals surface area contributed by atoms with Crippen LogP contribution in [0.15, 0.2) is 42.5 Å². The van der Waals surface area contributed by atoms with Crippen LogP contribution in [-0.4, -0.2) is 13.7 Å². The topological polar surface area (TPSA) is 18.5 Å². The number of rotatable bonds is 4. The van der Waals surface area contributed by atoms with Crippen molar-refractivity contribution < 1.29 is 13.9 Å². The van der Waals surface area contributed by atoms with Gasteiger partial charge in [-0.1, -0.05) is 35.9 Å². The Morgan fingerprint density at radius 2 is 1.67 bits per heavy atom. The molecule has 0 spiro atoms. The van der Waals surface area contributed by atoms with Crippen LogP contribution in [0.4, 0.5) is 4.39 Å². The Hall–Kier alpha value is -1.87. The molecule has 2 rings (SSSR count). The third kappa shape index (κ3) is 6.41. The average molecular weight is 290 g/mol. The summed E-state index contributed by atoms with van der Waals surface area (Å²) in [7, 11) is 1.71. The summed E-state index contributed by atoms with van der Waals surface area (Å²) in [6, 6.07) is 12.9. The van der Waals surface area contributed by atoms with Crippen molar-refractivity contribution in [3.63, 3.8) is 0 Å². The van der Waals surface area contributed by atoms with Crippen molar-refractivity contribution in [3.05, 3.63) is 65.0 Å². The second-order valence-corrected chi connectivity index (χ2v) is 4.76. The van der Waals surface area contributed by atoms with Crippen molar-refractivity contribution in [2.75, 3.05) is 13.7 Å². The molecule has 0 N–H and O–H groups in total. The summed E-state index contributed by atoms with van der Waals surface area (Å²) in [6.45, 7) is 7.13. The van der Waals surface area contributed by atoms with Crippen molar-refractivity contribution >= 4 is 0 Å². The first-order valence-corrected chi connectivity index (χ1v) is 7.00. The van der Waals surface area contributed by atoms with Gasteiger partial charge in [0.05, 0.1) is 13.2 Å². The fraction of sp³-hybridized carbons (Fsp3) is 0.333. The fourth-order valence-corrected chi connectivity index (χ4v) is 1.74. The van der Waals surface area contributed by atoms with E-state index in [1.807, 2.05) is 13.8 Å². The predicted molar refractivity (Wildman–Crippen MR) is 84.2 cm³/mol. The lowest BCUT2D eigenvalue weighted by atomic mass is 10.2. The number of hydrogen-bond donors (Lipinski definition) is 0. The molecule has 21 heavy (non-hydrogen) atoms. The van der Waals surface area contributed by atoms with Gasteiger partial charge in [-0.25, -0.2) is 4.39 Å². The van der Waals surface area contributed by atoms with Crippen LogP contribution in [0.25, 0.3) is 0 Å². The summed E-state index contributed by atoms with van der Waals surface area (Å²) in [5.74, 6) is 0.381. The van der Waals surface area contributed by atoms with Gasteiger partial charge in [0, 0.05) is 13.2 Å². The summed E-state index contributed by atoms with van der Waals surface area (Å²) >= 11 is 0. The lowest BCUT2D eigenvalue weighted by molar-refractivity contribution is 0.185. The third-order valence-electron chi connectivity index (χ3n) is 2.88. The zero-order valence-corrected chi connectivity index (χ0v) is 13.2. The molecule has 0 aliphatic carbocycles. The Balaban J connectivity index is 0.000000211. The van der Waals surface area contributed by atoms with Gasteiger partial charge in [-0.15, -0.1) is 0 Å². The highest BCUT2D eigenvalue weighted by atomic mass is 19.1. The van der Waals surface area contributed by atoms with Crippen LogP contribution in [0, 0.1) is 19.7 Å². The maximum atomic E-state index is 12.6. The van der Waals surface area contributed by atoms with Gasteiger partial charge in [0.25, 0.3) is 0 Å². The molecule has 0 bridgehead atoms. The fourth-order valence-electron chi connectivity index (χ4n) is 1.74. The standard InChI is InChI=1S/C9H11FO.C9H12O/c1-3-11-9-6-8(10)5-4-7(9)2;1-8-3-5-9(6-4-8)7-10-2/h4-6H,3H2,1-2H3;3-6H,7H2,1-2H3. The van der Waals surface area contributed by atoms with Gasteiger partial charge < -0.3 is 9.47 Å². The van der Waals surface area contributed by atoms with Crippen molar-refractivity contribution in [1.29, 1.82) is 0 Å². The Labute approximate surface area is 126 Å². The van der Waals surface area contributed by atoms with Crippen molar-refractivity contribution in [2.24, 2.45) is 0 Å². The van der Waals surface area contributed by atoms with E-state index in [4.69, 9.17) is 9.47 Å². The van der Waals surface area contributed by atoms with Gasteiger partial charge in [-0.05, 0) is 38.0 Å². The largest absolute Gasteiger partial charge is 0.494 e. The molecule has 0 radical (unpaired) electrons. The van der Waals surface area contributed by atoms with E-state index in [1.165, 1.54) is 23.3 Å². The Kier molecular flexibility index (Phi) is 7.48. The van der Waals surface area contributed by atoms with Crippen molar-refractivity contribution in [3.8, 4) is 5.75 Å². The number of hydrogen-bond acceptors (Lipinski definition) is 2. The Morgan fingerprint density at radius 3 is 2.24 bits per heavy atom. The molecule has 0 saturated carbocycles. The van der Waals surface area contributed by atoms with Crippen LogP contribution in [0.3, 0.4) is 0 Å². The minimum absolute atomic E-state index is 0.251. The summed E-state index contributed by atoms with van der Waals surface area (Å²) in [4.78, 5) is 0. The van der Waals surface area contributed by atoms with E-state index < -0.39 is 0 Å². The molecule has 2 aromatic rings. The van der Waals surface area contributed by atoms with Crippen LogP contribution in [0.5, 0.6) is 5.75 Å². The highest BCUT2D eigenvalue weighted by molar-refractivity contribution is 5.32. The molecule has 0 aliphatic heterocycles. The van der Waals surface area contributed by atoms with Gasteiger partial charge in [0.1, 0.15) is 11.6 Å². The number of methoxy groups -OCH3 is 1. The average Bonchev–Trinajstić information content (AvgIpc) is 2.47. The number of halogens is 1. The van der Waals surface area contributed by atoms with E-state index in [2.05, 4.69) is 31.2 Å². The zero-order chi connectivity index (χ0) is 15.7. The molecule has 0 atom stereocenters. The molecule has 0 fully saturated rings. The van der Waals surface area contributed by atoms with Gasteiger partial charge in [-0.3, -0.25) is 0 Å².